The lowest BCUT2D eigenvalue weighted by molar-refractivity contribution is -0.116. The van der Waals surface area contributed by atoms with Crippen molar-refractivity contribution in [3.05, 3.63) is 46.7 Å². The minimum Gasteiger partial charge on any atom is -0.356 e. The van der Waals surface area contributed by atoms with Crippen molar-refractivity contribution in [2.45, 2.75) is 0 Å². The molecular formula is C13H10ClN3O2. The number of benzene rings is 1. The molecule has 1 fully saturated rings. The Bertz CT molecular complexity index is 663. The monoisotopic (exact) mass is 275 g/mol. The number of hydrazine groups is 1. The first-order chi connectivity index (χ1) is 9.24. The molecule has 1 aromatic heterocycles. The molecule has 5 nitrogen and oxygen atoms in total. The van der Waals surface area contributed by atoms with E-state index in [0.717, 1.165) is 5.56 Å². The van der Waals surface area contributed by atoms with Crippen LogP contribution in [0.25, 0.3) is 17.3 Å². The molecule has 3 rings (SSSR count). The lowest BCUT2D eigenvalue weighted by Gasteiger charge is -1.96. The average Bonchev–Trinajstić information content (AvgIpc) is 3.01. The van der Waals surface area contributed by atoms with Crippen LogP contribution in [0.15, 0.2) is 40.4 Å². The summed E-state index contributed by atoms with van der Waals surface area (Å²) in [6.07, 6.45) is 1.66. The lowest BCUT2D eigenvalue weighted by atomic mass is 10.1. The van der Waals surface area contributed by atoms with Gasteiger partial charge in [0.25, 0.3) is 5.91 Å². The summed E-state index contributed by atoms with van der Waals surface area (Å²) in [6.45, 7) is 0.459. The highest BCUT2D eigenvalue weighted by Crippen LogP contribution is 2.27. The molecule has 1 amide bonds. The van der Waals surface area contributed by atoms with Gasteiger partial charge in [0.15, 0.2) is 5.76 Å². The second kappa shape index (κ2) is 4.87. The van der Waals surface area contributed by atoms with E-state index >= 15 is 0 Å². The summed E-state index contributed by atoms with van der Waals surface area (Å²) in [7, 11) is 0. The van der Waals surface area contributed by atoms with E-state index < -0.39 is 0 Å². The largest absolute Gasteiger partial charge is 0.356 e. The Balaban J connectivity index is 1.92. The van der Waals surface area contributed by atoms with Gasteiger partial charge in [-0.3, -0.25) is 10.2 Å². The Morgan fingerprint density at radius 3 is 2.95 bits per heavy atom. The Hall–Kier alpha value is -2.11. The standard InChI is InChI=1S/C13H10ClN3O2/c14-11-4-2-1-3-10(11)12-6-9(19-17-12)5-8-7-15-16-13(8)18/h1-6,15H,7H2,(H,16,18)/b8-5-. The van der Waals surface area contributed by atoms with Gasteiger partial charge >= 0.3 is 0 Å². The third-order valence-corrected chi connectivity index (χ3v) is 3.10. The van der Waals surface area contributed by atoms with Crippen molar-refractivity contribution < 1.29 is 9.32 Å². The van der Waals surface area contributed by atoms with Crippen molar-refractivity contribution in [2.75, 3.05) is 6.54 Å². The van der Waals surface area contributed by atoms with Crippen LogP contribution in [0, 0.1) is 0 Å². The van der Waals surface area contributed by atoms with E-state index in [4.69, 9.17) is 16.1 Å². The molecule has 2 N–H and O–H groups in total. The number of hydrogen-bond acceptors (Lipinski definition) is 4. The Labute approximate surface area is 114 Å². The van der Waals surface area contributed by atoms with Crippen molar-refractivity contribution in [1.82, 2.24) is 16.0 Å². The van der Waals surface area contributed by atoms with E-state index in [-0.39, 0.29) is 5.91 Å². The van der Waals surface area contributed by atoms with Crippen LogP contribution >= 0.6 is 11.6 Å². The third-order valence-electron chi connectivity index (χ3n) is 2.77. The zero-order chi connectivity index (χ0) is 13.2. The molecule has 0 unspecified atom stereocenters. The van der Waals surface area contributed by atoms with Gasteiger partial charge in [-0.25, -0.2) is 5.43 Å². The number of halogens is 1. The number of aromatic nitrogens is 1. The van der Waals surface area contributed by atoms with Gasteiger partial charge in [0.05, 0.1) is 5.02 Å². The molecule has 1 saturated heterocycles. The number of carbonyl (C=O) groups excluding carboxylic acids is 1. The third kappa shape index (κ3) is 2.38. The fourth-order valence-corrected chi connectivity index (χ4v) is 2.05. The molecule has 0 bridgehead atoms. The van der Waals surface area contributed by atoms with E-state index in [9.17, 15) is 4.79 Å². The highest BCUT2D eigenvalue weighted by Gasteiger charge is 2.17. The van der Waals surface area contributed by atoms with Crippen LogP contribution in [-0.2, 0) is 4.79 Å². The first-order valence-corrected chi connectivity index (χ1v) is 6.07. The molecule has 2 heterocycles. The van der Waals surface area contributed by atoms with Gasteiger partial charge in [0.2, 0.25) is 0 Å². The van der Waals surface area contributed by atoms with Crippen molar-refractivity contribution in [2.24, 2.45) is 0 Å². The number of hydrogen-bond donors (Lipinski definition) is 2. The molecule has 1 aliphatic heterocycles. The molecule has 0 aliphatic carbocycles. The molecular weight excluding hydrogens is 266 g/mol. The van der Waals surface area contributed by atoms with Crippen LogP contribution in [0.2, 0.25) is 5.02 Å². The molecule has 6 heteroatoms. The second-order valence-corrected chi connectivity index (χ2v) is 4.48. The number of rotatable bonds is 2. The van der Waals surface area contributed by atoms with Gasteiger partial charge in [-0.05, 0) is 12.1 Å². The molecule has 2 aromatic rings. The van der Waals surface area contributed by atoms with E-state index in [1.54, 1.807) is 18.2 Å². The molecule has 96 valence electrons. The average molecular weight is 276 g/mol. The van der Waals surface area contributed by atoms with Crippen LogP contribution in [0.5, 0.6) is 0 Å². The summed E-state index contributed by atoms with van der Waals surface area (Å²) in [5, 5.41) is 4.56. The normalized spacial score (nSPS) is 16.9. The van der Waals surface area contributed by atoms with Gasteiger partial charge < -0.3 is 4.52 Å². The number of nitrogens with one attached hydrogen (secondary N) is 2. The lowest BCUT2D eigenvalue weighted by Crippen LogP contribution is -2.25. The summed E-state index contributed by atoms with van der Waals surface area (Å²) in [6, 6.07) is 9.13. The number of nitrogens with zero attached hydrogens (tertiary/aromatic N) is 1. The van der Waals surface area contributed by atoms with Crippen molar-refractivity contribution in [3.8, 4) is 11.3 Å². The topological polar surface area (TPSA) is 67.2 Å². The SMILES string of the molecule is O=C1NNC/C1=C/c1cc(-c2ccccc2Cl)no1. The van der Waals surface area contributed by atoms with Crippen LogP contribution in [0.4, 0.5) is 0 Å². The maximum absolute atomic E-state index is 11.4. The zero-order valence-electron chi connectivity index (χ0n) is 9.81. The summed E-state index contributed by atoms with van der Waals surface area (Å²) in [5.41, 5.74) is 7.28. The molecule has 0 radical (unpaired) electrons. The Kier molecular flexibility index (Phi) is 3.06. The minimum absolute atomic E-state index is 0.157. The zero-order valence-corrected chi connectivity index (χ0v) is 10.6. The van der Waals surface area contributed by atoms with Gasteiger partial charge in [-0.1, -0.05) is 35.0 Å². The molecule has 19 heavy (non-hydrogen) atoms. The predicted octanol–water partition coefficient (Wildman–Crippen LogP) is 2.01. The number of amides is 1. The fourth-order valence-electron chi connectivity index (χ4n) is 1.82. The van der Waals surface area contributed by atoms with Gasteiger partial charge in [-0.15, -0.1) is 0 Å². The quantitative estimate of drug-likeness (QED) is 0.823. The fraction of sp³-hybridized carbons (Fsp3) is 0.0769. The Morgan fingerprint density at radius 2 is 2.21 bits per heavy atom. The summed E-state index contributed by atoms with van der Waals surface area (Å²) in [4.78, 5) is 11.4. The van der Waals surface area contributed by atoms with E-state index in [0.29, 0.717) is 28.6 Å². The second-order valence-electron chi connectivity index (χ2n) is 4.07. The van der Waals surface area contributed by atoms with Gasteiger partial charge in [0.1, 0.15) is 5.69 Å². The number of carbonyl (C=O) groups is 1. The summed E-state index contributed by atoms with van der Waals surface area (Å²) in [5.74, 6) is 0.361. The molecule has 0 atom stereocenters. The first-order valence-electron chi connectivity index (χ1n) is 5.69. The maximum atomic E-state index is 11.4. The van der Waals surface area contributed by atoms with E-state index in [2.05, 4.69) is 16.0 Å². The summed E-state index contributed by atoms with van der Waals surface area (Å²) < 4.78 is 5.19. The van der Waals surface area contributed by atoms with Crippen molar-refractivity contribution in [3.63, 3.8) is 0 Å². The highest BCUT2D eigenvalue weighted by molar-refractivity contribution is 6.33. The highest BCUT2D eigenvalue weighted by atomic mass is 35.5. The molecule has 1 aliphatic rings. The molecule has 0 saturated carbocycles. The first kappa shape index (κ1) is 12.0. The van der Waals surface area contributed by atoms with Crippen LogP contribution in [0.3, 0.4) is 0 Å². The van der Waals surface area contributed by atoms with Crippen molar-refractivity contribution in [1.29, 1.82) is 0 Å². The minimum atomic E-state index is -0.157. The Morgan fingerprint density at radius 1 is 1.37 bits per heavy atom. The molecule has 0 spiro atoms. The van der Waals surface area contributed by atoms with Gasteiger partial charge in [0, 0.05) is 23.7 Å². The van der Waals surface area contributed by atoms with Crippen LogP contribution < -0.4 is 10.9 Å². The molecule has 1 aromatic carbocycles. The van der Waals surface area contributed by atoms with E-state index in [1.807, 2.05) is 18.2 Å². The van der Waals surface area contributed by atoms with Gasteiger partial charge in [-0.2, -0.15) is 0 Å². The smallest absolute Gasteiger partial charge is 0.262 e. The predicted molar refractivity (Wildman–Crippen MR) is 71.1 cm³/mol. The van der Waals surface area contributed by atoms with Crippen LogP contribution in [-0.4, -0.2) is 17.6 Å². The van der Waals surface area contributed by atoms with E-state index in [1.165, 1.54) is 0 Å². The van der Waals surface area contributed by atoms with Crippen LogP contribution in [0.1, 0.15) is 5.76 Å². The van der Waals surface area contributed by atoms with Crippen molar-refractivity contribution >= 4 is 23.6 Å². The maximum Gasteiger partial charge on any atom is 0.262 e. The summed E-state index contributed by atoms with van der Waals surface area (Å²) >= 11 is 6.09.